The number of benzene rings is 2. The lowest BCUT2D eigenvalue weighted by molar-refractivity contribution is -0.148. The minimum Gasteiger partial charge on any atom is -0.445 e. The van der Waals surface area contributed by atoms with Crippen molar-refractivity contribution in [3.63, 3.8) is 0 Å². The minimum atomic E-state index is -1.09. The maximum absolute atomic E-state index is 14.8. The van der Waals surface area contributed by atoms with E-state index in [4.69, 9.17) is 19.9 Å². The summed E-state index contributed by atoms with van der Waals surface area (Å²) in [6.07, 6.45) is -0.415. The molecule has 1 fully saturated rings. The summed E-state index contributed by atoms with van der Waals surface area (Å²) in [5.41, 5.74) is 6.76. The number of urea groups is 1. The van der Waals surface area contributed by atoms with E-state index in [1.54, 1.807) is 109 Å². The first-order valence-electron chi connectivity index (χ1n) is 30.9. The third-order valence-electron chi connectivity index (χ3n) is 16.5. The number of amides is 10. The standard InChI is InChI=1S/C64H102N10O14/c1-16-40(8)55(49(86-14)35-51(77)74-34-22-27-48(74)57(87-15)42(10)58(79)67-43(11)56(78)45-24-18-17-19-25-45)72(12)62(83)53(38(4)5)71-61(82)54(39(6)7)73(13)64(85)88-36-44-29-31-46(32-30-44)68-59(80)47(26-21-33-66-63(65)84)69-60(81)52(37(2)3)70-50(76)28-20-23-41(9)75/h17-19,24-25,29-32,37-40,42-43,47-49,52-57,78H,16,20-23,26-28,33-36H2,1-15H3,(H,67,79)(H,68,80)(H,69,81)(H,70,76)(H,71,82)(H3,65,66,84)/t40-,42+,43+,47-,48-,49+,52?,53-,54?,55?,56+,57?/m0/s1. The minimum absolute atomic E-state index is 0.0437. The van der Waals surface area contributed by atoms with Crippen LogP contribution in [0, 0.1) is 29.6 Å². The van der Waals surface area contributed by atoms with Gasteiger partial charge in [-0.05, 0) is 92.9 Å². The molecule has 1 aliphatic rings. The largest absolute Gasteiger partial charge is 0.445 e. The second-order valence-corrected chi connectivity index (χ2v) is 24.4. The number of likely N-dealkylation sites (N-methyl/N-ethyl adjacent to an activating group) is 2. The van der Waals surface area contributed by atoms with E-state index in [0.717, 1.165) is 0 Å². The number of methoxy groups -OCH3 is 2. The number of carbonyl (C=O) groups is 10. The van der Waals surface area contributed by atoms with Gasteiger partial charge in [-0.25, -0.2) is 9.59 Å². The molecule has 1 heterocycles. The molecule has 12 atom stereocenters. The maximum atomic E-state index is 14.8. The molecule has 0 radical (unpaired) electrons. The molecule has 4 unspecified atom stereocenters. The number of aliphatic hydroxyl groups is 1. The van der Waals surface area contributed by atoms with E-state index in [0.29, 0.717) is 49.0 Å². The maximum Gasteiger partial charge on any atom is 0.410 e. The second kappa shape index (κ2) is 37.0. The normalized spacial score (nSPS) is 16.9. The van der Waals surface area contributed by atoms with E-state index in [9.17, 15) is 53.1 Å². The number of hydrogen-bond acceptors (Lipinski definition) is 14. The van der Waals surface area contributed by atoms with Gasteiger partial charge in [0, 0.05) is 59.9 Å². The molecule has 2 aromatic carbocycles. The number of aliphatic hydroxyl groups excluding tert-OH is 1. The van der Waals surface area contributed by atoms with Gasteiger partial charge in [0.15, 0.2) is 0 Å². The topological polar surface area (TPSA) is 327 Å². The molecular formula is C64H102N10O14. The van der Waals surface area contributed by atoms with Crippen LogP contribution in [0.15, 0.2) is 54.6 Å². The van der Waals surface area contributed by atoms with Crippen LogP contribution in [0.3, 0.4) is 0 Å². The van der Waals surface area contributed by atoms with E-state index in [1.165, 1.54) is 33.1 Å². The molecular weight excluding hydrogens is 1130 g/mol. The fourth-order valence-corrected chi connectivity index (χ4v) is 11.2. The van der Waals surface area contributed by atoms with Gasteiger partial charge in [-0.1, -0.05) is 111 Å². The average molecular weight is 1240 g/mol. The summed E-state index contributed by atoms with van der Waals surface area (Å²) in [6, 6.07) is 8.84. The fraction of sp³-hybridized carbons (Fsp3) is 0.656. The van der Waals surface area contributed by atoms with Gasteiger partial charge in [-0.3, -0.25) is 38.5 Å². The first-order valence-corrected chi connectivity index (χ1v) is 30.9. The van der Waals surface area contributed by atoms with Gasteiger partial charge in [0.05, 0.1) is 48.8 Å². The molecule has 0 spiro atoms. The highest BCUT2D eigenvalue weighted by Crippen LogP contribution is 2.30. The van der Waals surface area contributed by atoms with E-state index >= 15 is 0 Å². The Labute approximate surface area is 520 Å². The van der Waals surface area contributed by atoms with Crippen molar-refractivity contribution in [3.05, 3.63) is 65.7 Å². The molecule has 0 aromatic heterocycles. The van der Waals surface area contributed by atoms with Gasteiger partial charge in [0.1, 0.15) is 36.6 Å². The summed E-state index contributed by atoms with van der Waals surface area (Å²) in [4.78, 5) is 138. The molecule has 88 heavy (non-hydrogen) atoms. The Bertz CT molecular complexity index is 2610. The number of likely N-dealkylation sites (tertiary alicyclic amines) is 1. The summed E-state index contributed by atoms with van der Waals surface area (Å²) < 4.78 is 17.7. The van der Waals surface area contributed by atoms with Crippen LogP contribution in [0.5, 0.6) is 0 Å². The second-order valence-electron chi connectivity index (χ2n) is 24.4. The summed E-state index contributed by atoms with van der Waals surface area (Å²) in [6.45, 7) is 19.8. The highest BCUT2D eigenvalue weighted by atomic mass is 16.6. The van der Waals surface area contributed by atoms with Gasteiger partial charge in [-0.15, -0.1) is 0 Å². The zero-order chi connectivity index (χ0) is 66.1. The number of primary amides is 1. The first-order chi connectivity index (χ1) is 41.5. The highest BCUT2D eigenvalue weighted by Gasteiger charge is 2.44. The van der Waals surface area contributed by atoms with Gasteiger partial charge in [0.25, 0.3) is 0 Å². The first kappa shape index (κ1) is 75.1. The quantitative estimate of drug-likeness (QED) is 0.0399. The number of hydrogen-bond donors (Lipinski definition) is 8. The Hall–Kier alpha value is -7.18. The number of ether oxygens (including phenoxy) is 3. The van der Waals surface area contributed by atoms with Crippen molar-refractivity contribution >= 4 is 64.9 Å². The van der Waals surface area contributed by atoms with Crippen LogP contribution in [-0.2, 0) is 59.2 Å². The summed E-state index contributed by atoms with van der Waals surface area (Å²) in [5, 5.41) is 27.5. The number of Topliss-reactive ketones (excluding diaryl/α,β-unsaturated/α-hetero) is 1. The van der Waals surface area contributed by atoms with Crippen molar-refractivity contribution in [1.82, 2.24) is 41.3 Å². The summed E-state index contributed by atoms with van der Waals surface area (Å²) in [7, 11) is 6.09. The number of anilines is 1. The molecule has 10 amide bonds. The molecule has 1 aliphatic heterocycles. The Morgan fingerprint density at radius 2 is 1.36 bits per heavy atom. The lowest BCUT2D eigenvalue weighted by Gasteiger charge is -2.41. The molecule has 3 rings (SSSR count). The predicted octanol–water partition coefficient (Wildman–Crippen LogP) is 5.35. The molecule has 24 nitrogen and oxygen atoms in total. The molecule has 9 N–H and O–H groups in total. The third-order valence-corrected chi connectivity index (χ3v) is 16.5. The van der Waals surface area contributed by atoms with Crippen LogP contribution in [-0.4, -0.2) is 175 Å². The third kappa shape index (κ3) is 22.8. The number of ketones is 1. The average Bonchev–Trinajstić information content (AvgIpc) is 4.06. The molecule has 2 aromatic rings. The van der Waals surface area contributed by atoms with Crippen molar-refractivity contribution in [2.45, 2.75) is 201 Å². The number of nitrogens with zero attached hydrogens (tertiary/aromatic N) is 3. The van der Waals surface area contributed by atoms with Crippen LogP contribution in [0.1, 0.15) is 151 Å². The van der Waals surface area contributed by atoms with Gasteiger partial charge in [-0.2, -0.15) is 0 Å². The van der Waals surface area contributed by atoms with Gasteiger partial charge < -0.3 is 71.5 Å². The van der Waals surface area contributed by atoms with Crippen LogP contribution in [0.25, 0.3) is 0 Å². The van der Waals surface area contributed by atoms with Crippen molar-refractivity contribution in [2.24, 2.45) is 35.3 Å². The summed E-state index contributed by atoms with van der Waals surface area (Å²) >= 11 is 0. The van der Waals surface area contributed by atoms with E-state index in [2.05, 4.69) is 31.9 Å². The van der Waals surface area contributed by atoms with Crippen LogP contribution >= 0.6 is 0 Å². The number of rotatable bonds is 36. The monoisotopic (exact) mass is 1230 g/mol. The fourth-order valence-electron chi connectivity index (χ4n) is 11.2. The highest BCUT2D eigenvalue weighted by molar-refractivity contribution is 5.98. The van der Waals surface area contributed by atoms with Crippen molar-refractivity contribution in [1.29, 1.82) is 0 Å². The van der Waals surface area contributed by atoms with Crippen LogP contribution in [0.2, 0.25) is 0 Å². The Kier molecular flexibility index (Phi) is 31.5. The van der Waals surface area contributed by atoms with Crippen LogP contribution < -0.4 is 37.6 Å². The molecule has 1 saturated heterocycles. The predicted molar refractivity (Wildman–Crippen MR) is 334 cm³/mol. The lowest BCUT2D eigenvalue weighted by atomic mass is 9.89. The SMILES string of the molecule is CC[C@H](C)C([C@@H](CC(=O)N1CCC[C@H]1C(OC)[C@@H](C)C(=O)N[C@H](C)[C@@H](O)c1ccccc1)OC)N(C)C(=O)[C@@H](NC(=O)C(C(C)C)N(C)C(=O)OCc1ccc(NC(=O)[C@H](CCCNC(N)=O)NC(=O)C(NC(=O)CCCC(C)=O)C(C)C)cc1)C(C)C. The van der Waals surface area contributed by atoms with Crippen molar-refractivity contribution in [2.75, 3.05) is 46.7 Å². The Morgan fingerprint density at radius 1 is 0.727 bits per heavy atom. The zero-order valence-corrected chi connectivity index (χ0v) is 54.5. The van der Waals surface area contributed by atoms with E-state index < -0.39 is 120 Å². The molecule has 0 bridgehead atoms. The number of nitrogens with one attached hydrogen (secondary N) is 6. The van der Waals surface area contributed by atoms with Crippen molar-refractivity contribution < 1.29 is 67.3 Å². The van der Waals surface area contributed by atoms with Crippen LogP contribution in [0.4, 0.5) is 15.3 Å². The molecule has 24 heteroatoms. The Balaban J connectivity index is 1.71. The van der Waals surface area contributed by atoms with Crippen molar-refractivity contribution in [3.8, 4) is 0 Å². The molecule has 0 aliphatic carbocycles. The lowest BCUT2D eigenvalue weighted by Crippen LogP contribution is -2.60. The summed E-state index contributed by atoms with van der Waals surface area (Å²) in [5.74, 6) is -5.27. The Morgan fingerprint density at radius 3 is 1.92 bits per heavy atom. The van der Waals surface area contributed by atoms with E-state index in [-0.39, 0.29) is 74.7 Å². The zero-order valence-electron chi connectivity index (χ0n) is 54.5. The molecule has 492 valence electrons. The molecule has 0 saturated carbocycles. The van der Waals surface area contributed by atoms with Gasteiger partial charge in [0.2, 0.25) is 41.4 Å². The number of nitrogens with two attached hydrogens (primary N) is 1. The van der Waals surface area contributed by atoms with E-state index in [1.807, 2.05) is 32.0 Å². The van der Waals surface area contributed by atoms with Gasteiger partial charge >= 0.3 is 12.1 Å². The smallest absolute Gasteiger partial charge is 0.410 e. The number of carbonyl (C=O) groups excluding carboxylic acids is 10.